The molecule has 18 heavy (non-hydrogen) atoms. The lowest BCUT2D eigenvalue weighted by molar-refractivity contribution is 0.145. The first-order chi connectivity index (χ1) is 8.39. The molecule has 0 aliphatic heterocycles. The van der Waals surface area contributed by atoms with Gasteiger partial charge in [0, 0.05) is 6.20 Å². The highest BCUT2D eigenvalue weighted by atomic mass is 32.2. The van der Waals surface area contributed by atoms with E-state index in [-0.39, 0.29) is 10.6 Å². The van der Waals surface area contributed by atoms with Gasteiger partial charge >= 0.3 is 0 Å². The Kier molecular flexibility index (Phi) is 3.14. The van der Waals surface area contributed by atoms with Crippen LogP contribution in [-0.4, -0.2) is 18.2 Å². The Hall–Kier alpha value is -1.80. The van der Waals surface area contributed by atoms with Gasteiger partial charge in [0.2, 0.25) is 10.0 Å². The van der Waals surface area contributed by atoms with E-state index in [1.54, 1.807) is 6.07 Å². The maximum atomic E-state index is 12.4. The normalized spacial score (nSPS) is 12.0. The molecule has 2 N–H and O–H groups in total. The number of primary sulfonamides is 1. The van der Waals surface area contributed by atoms with Crippen LogP contribution in [0, 0.1) is 0 Å². The molecule has 0 radical (unpaired) electrons. The molecule has 0 bridgehead atoms. The van der Waals surface area contributed by atoms with Gasteiger partial charge in [0.05, 0.1) is 5.69 Å². The van der Waals surface area contributed by atoms with Crippen LogP contribution in [0.1, 0.15) is 12.1 Å². The zero-order chi connectivity index (χ0) is 13.3. The summed E-state index contributed by atoms with van der Waals surface area (Å²) in [5.74, 6) is 0. The topological polar surface area (TPSA) is 78.0 Å². The minimum absolute atomic E-state index is 0.131. The lowest BCUT2D eigenvalue weighted by Crippen LogP contribution is -2.15. The Balaban J connectivity index is 2.57. The predicted molar refractivity (Wildman–Crippen MR) is 59.9 cm³/mol. The predicted octanol–water partition coefficient (Wildman–Crippen LogP) is 1.46. The highest BCUT2D eigenvalue weighted by Crippen LogP contribution is 2.21. The van der Waals surface area contributed by atoms with E-state index in [0.717, 1.165) is 10.7 Å². The number of hydrogen-bond acceptors (Lipinski definition) is 3. The number of benzene rings is 1. The summed E-state index contributed by atoms with van der Waals surface area (Å²) in [6.07, 6.45) is -1.46. The first-order valence-corrected chi connectivity index (χ1v) is 6.40. The minimum Gasteiger partial charge on any atom is -0.239 e. The van der Waals surface area contributed by atoms with Crippen LogP contribution < -0.4 is 5.14 Å². The maximum Gasteiger partial charge on any atom is 0.282 e. The van der Waals surface area contributed by atoms with Crippen LogP contribution in [-0.2, 0) is 10.0 Å². The van der Waals surface area contributed by atoms with Gasteiger partial charge < -0.3 is 0 Å². The molecule has 96 valence electrons. The summed E-state index contributed by atoms with van der Waals surface area (Å²) in [6, 6.07) is 6.88. The second kappa shape index (κ2) is 4.46. The van der Waals surface area contributed by atoms with Gasteiger partial charge in [-0.25, -0.2) is 27.0 Å². The van der Waals surface area contributed by atoms with Gasteiger partial charge in [-0.1, -0.05) is 12.1 Å². The lowest BCUT2D eigenvalue weighted by Gasteiger charge is -2.07. The standard InChI is InChI=1S/C10H9F2N3O2S/c11-10(12)7-5-6-15(14-7)8-3-1-2-4-9(8)18(13,16)17/h1-6,10H,(H2,13,16,17). The smallest absolute Gasteiger partial charge is 0.239 e. The van der Waals surface area contributed by atoms with Crippen LogP contribution in [0.3, 0.4) is 0 Å². The molecule has 0 spiro atoms. The van der Waals surface area contributed by atoms with Crippen molar-refractivity contribution in [2.45, 2.75) is 11.3 Å². The van der Waals surface area contributed by atoms with Crippen LogP contribution in [0.2, 0.25) is 0 Å². The zero-order valence-corrected chi connectivity index (χ0v) is 9.81. The second-order valence-electron chi connectivity index (χ2n) is 3.50. The third kappa shape index (κ3) is 2.39. The van der Waals surface area contributed by atoms with Crippen LogP contribution in [0.15, 0.2) is 41.4 Å². The van der Waals surface area contributed by atoms with Crippen molar-refractivity contribution in [2.24, 2.45) is 5.14 Å². The molecule has 8 heteroatoms. The number of hydrogen-bond donors (Lipinski definition) is 1. The van der Waals surface area contributed by atoms with Crippen LogP contribution >= 0.6 is 0 Å². The summed E-state index contributed by atoms with van der Waals surface area (Å²) in [7, 11) is -3.94. The SMILES string of the molecule is NS(=O)(=O)c1ccccc1-n1ccc(C(F)F)n1. The second-order valence-corrected chi connectivity index (χ2v) is 5.03. The Morgan fingerprint density at radius 2 is 1.89 bits per heavy atom. The zero-order valence-electron chi connectivity index (χ0n) is 8.99. The molecule has 2 aromatic rings. The fourth-order valence-corrected chi connectivity index (χ4v) is 2.20. The monoisotopic (exact) mass is 273 g/mol. The summed E-state index contributed by atoms with van der Waals surface area (Å²) in [5, 5.41) is 8.65. The van der Waals surface area contributed by atoms with Crippen molar-refractivity contribution >= 4 is 10.0 Å². The van der Waals surface area contributed by atoms with Crippen LogP contribution in [0.5, 0.6) is 0 Å². The third-order valence-corrected chi connectivity index (χ3v) is 3.21. The largest absolute Gasteiger partial charge is 0.282 e. The molecule has 1 aromatic heterocycles. The molecule has 1 aromatic carbocycles. The number of rotatable bonds is 3. The molecular formula is C10H9F2N3O2S. The van der Waals surface area contributed by atoms with Crippen molar-refractivity contribution in [1.82, 2.24) is 9.78 Å². The average molecular weight is 273 g/mol. The molecule has 0 saturated carbocycles. The molecule has 0 fully saturated rings. The molecule has 5 nitrogen and oxygen atoms in total. The Bertz CT molecular complexity index is 667. The van der Waals surface area contributed by atoms with E-state index >= 15 is 0 Å². The van der Waals surface area contributed by atoms with Gasteiger partial charge in [0.15, 0.2) is 0 Å². The van der Waals surface area contributed by atoms with Crippen molar-refractivity contribution < 1.29 is 17.2 Å². The summed E-state index contributed by atoms with van der Waals surface area (Å²) >= 11 is 0. The molecule has 2 rings (SSSR count). The number of sulfonamides is 1. The fourth-order valence-electron chi connectivity index (χ4n) is 1.48. The number of nitrogens with zero attached hydrogens (tertiary/aromatic N) is 2. The first-order valence-electron chi connectivity index (χ1n) is 4.85. The highest BCUT2D eigenvalue weighted by Gasteiger charge is 2.17. The molecular weight excluding hydrogens is 264 g/mol. The van der Waals surface area contributed by atoms with E-state index in [0.29, 0.717) is 0 Å². The number of nitrogens with two attached hydrogens (primary N) is 1. The van der Waals surface area contributed by atoms with E-state index in [2.05, 4.69) is 5.10 Å². The Morgan fingerprint density at radius 3 is 2.44 bits per heavy atom. The highest BCUT2D eigenvalue weighted by molar-refractivity contribution is 7.89. The van der Waals surface area contributed by atoms with Gasteiger partial charge in [-0.3, -0.25) is 0 Å². The number of halogens is 2. The minimum atomic E-state index is -3.94. The summed E-state index contributed by atoms with van der Waals surface area (Å²) in [5.41, 5.74) is -0.300. The van der Waals surface area contributed by atoms with Gasteiger partial charge in [-0.2, -0.15) is 5.10 Å². The van der Waals surface area contributed by atoms with Crippen molar-refractivity contribution in [1.29, 1.82) is 0 Å². The van der Waals surface area contributed by atoms with Gasteiger partial charge in [0.25, 0.3) is 6.43 Å². The van der Waals surface area contributed by atoms with Crippen molar-refractivity contribution in [3.63, 3.8) is 0 Å². The Labute approximate surface area is 102 Å². The molecule has 0 aliphatic carbocycles. The van der Waals surface area contributed by atoms with Gasteiger partial charge in [0.1, 0.15) is 10.6 Å². The van der Waals surface area contributed by atoms with E-state index in [9.17, 15) is 17.2 Å². The number of aromatic nitrogens is 2. The summed E-state index contributed by atoms with van der Waals surface area (Å²) < 4.78 is 48.6. The van der Waals surface area contributed by atoms with E-state index in [1.165, 1.54) is 24.4 Å². The number of para-hydroxylation sites is 1. The molecule has 0 amide bonds. The van der Waals surface area contributed by atoms with E-state index in [1.807, 2.05) is 0 Å². The van der Waals surface area contributed by atoms with Crippen LogP contribution in [0.25, 0.3) is 5.69 Å². The van der Waals surface area contributed by atoms with Gasteiger partial charge in [-0.05, 0) is 18.2 Å². The summed E-state index contributed by atoms with van der Waals surface area (Å²) in [4.78, 5) is -0.172. The van der Waals surface area contributed by atoms with E-state index < -0.39 is 22.1 Å². The van der Waals surface area contributed by atoms with Crippen molar-refractivity contribution in [3.05, 3.63) is 42.2 Å². The fraction of sp³-hybridized carbons (Fsp3) is 0.100. The Morgan fingerprint density at radius 1 is 1.22 bits per heavy atom. The summed E-state index contributed by atoms with van der Waals surface area (Å²) in [6.45, 7) is 0. The average Bonchev–Trinajstić information content (AvgIpc) is 2.77. The first kappa shape index (κ1) is 12.7. The lowest BCUT2D eigenvalue weighted by atomic mass is 10.3. The molecule has 0 unspecified atom stereocenters. The molecule has 1 heterocycles. The molecule has 0 atom stereocenters. The van der Waals surface area contributed by atoms with Crippen LogP contribution in [0.4, 0.5) is 8.78 Å². The van der Waals surface area contributed by atoms with Crippen molar-refractivity contribution in [3.8, 4) is 5.69 Å². The quantitative estimate of drug-likeness (QED) is 0.919. The van der Waals surface area contributed by atoms with Gasteiger partial charge in [-0.15, -0.1) is 0 Å². The molecule has 0 aliphatic rings. The third-order valence-electron chi connectivity index (χ3n) is 2.25. The number of alkyl halides is 2. The van der Waals surface area contributed by atoms with Crippen molar-refractivity contribution in [2.75, 3.05) is 0 Å². The molecule has 0 saturated heterocycles. The van der Waals surface area contributed by atoms with E-state index in [4.69, 9.17) is 5.14 Å². The maximum absolute atomic E-state index is 12.4.